The van der Waals surface area contributed by atoms with E-state index in [4.69, 9.17) is 4.74 Å². The fourth-order valence-corrected chi connectivity index (χ4v) is 3.60. The lowest BCUT2D eigenvalue weighted by molar-refractivity contribution is 0.0730. The first-order chi connectivity index (χ1) is 10.4. The van der Waals surface area contributed by atoms with Crippen LogP contribution in [0.2, 0.25) is 0 Å². The van der Waals surface area contributed by atoms with Crippen molar-refractivity contribution in [2.45, 2.75) is 31.2 Å². The summed E-state index contributed by atoms with van der Waals surface area (Å²) in [7, 11) is -3.58. The van der Waals surface area contributed by atoms with Gasteiger partial charge in [-0.3, -0.25) is 4.79 Å². The molecular formula is C15H22N2O4S. The van der Waals surface area contributed by atoms with Gasteiger partial charge in [-0.1, -0.05) is 13.0 Å². The first-order valence-corrected chi connectivity index (χ1v) is 8.88. The molecular weight excluding hydrogens is 304 g/mol. The van der Waals surface area contributed by atoms with Crippen molar-refractivity contribution in [2.24, 2.45) is 0 Å². The Morgan fingerprint density at radius 3 is 2.68 bits per heavy atom. The van der Waals surface area contributed by atoms with Crippen molar-refractivity contribution in [2.75, 3.05) is 26.3 Å². The molecule has 0 aromatic heterocycles. The van der Waals surface area contributed by atoms with E-state index in [2.05, 4.69) is 5.32 Å². The predicted octanol–water partition coefficient (Wildman–Crippen LogP) is 1.24. The van der Waals surface area contributed by atoms with Crippen molar-refractivity contribution < 1.29 is 17.9 Å². The second kappa shape index (κ2) is 7.21. The van der Waals surface area contributed by atoms with Crippen molar-refractivity contribution >= 4 is 15.9 Å². The standard InChI is InChI=1S/C15H22N2O4S/c1-3-12(2)16-15(18)13-5-4-6-14(11-13)22(19,20)17-7-9-21-10-8-17/h4-6,11-12H,3,7-10H2,1-2H3,(H,16,18)/t12-/m1/s1. The second-order valence-electron chi connectivity index (χ2n) is 5.33. The third kappa shape index (κ3) is 3.85. The smallest absolute Gasteiger partial charge is 0.251 e. The van der Waals surface area contributed by atoms with Crippen LogP contribution in [0.3, 0.4) is 0 Å². The molecule has 1 atom stereocenters. The summed E-state index contributed by atoms with van der Waals surface area (Å²) in [5.41, 5.74) is 0.356. The zero-order valence-electron chi connectivity index (χ0n) is 12.9. The van der Waals surface area contributed by atoms with Crippen molar-refractivity contribution in [3.8, 4) is 0 Å². The Balaban J connectivity index is 2.22. The predicted molar refractivity (Wildman–Crippen MR) is 83.2 cm³/mol. The first-order valence-electron chi connectivity index (χ1n) is 7.44. The third-order valence-electron chi connectivity index (χ3n) is 3.69. The molecule has 0 spiro atoms. The molecule has 1 N–H and O–H groups in total. The number of rotatable bonds is 5. The van der Waals surface area contributed by atoms with Crippen molar-refractivity contribution in [1.82, 2.24) is 9.62 Å². The highest BCUT2D eigenvalue weighted by Crippen LogP contribution is 2.18. The van der Waals surface area contributed by atoms with Crippen molar-refractivity contribution in [3.05, 3.63) is 29.8 Å². The topological polar surface area (TPSA) is 75.7 Å². The number of hydrogen-bond acceptors (Lipinski definition) is 4. The average molecular weight is 326 g/mol. The van der Waals surface area contributed by atoms with Crippen LogP contribution in [0.15, 0.2) is 29.2 Å². The van der Waals surface area contributed by atoms with E-state index in [1.54, 1.807) is 12.1 Å². The molecule has 1 heterocycles. The van der Waals surface area contributed by atoms with Gasteiger partial charge in [0.25, 0.3) is 5.91 Å². The van der Waals surface area contributed by atoms with E-state index in [9.17, 15) is 13.2 Å². The normalized spacial score (nSPS) is 17.9. The average Bonchev–Trinajstić information content (AvgIpc) is 2.55. The second-order valence-corrected chi connectivity index (χ2v) is 7.26. The minimum absolute atomic E-state index is 0.0482. The number of nitrogens with zero attached hydrogens (tertiary/aromatic N) is 1. The highest BCUT2D eigenvalue weighted by molar-refractivity contribution is 7.89. The van der Waals surface area contributed by atoms with Gasteiger partial charge in [0.15, 0.2) is 0 Å². The Bertz CT molecular complexity index is 624. The van der Waals surface area contributed by atoms with E-state index in [1.165, 1.54) is 16.4 Å². The van der Waals surface area contributed by atoms with E-state index in [0.29, 0.717) is 31.9 Å². The molecule has 2 rings (SSSR count). The van der Waals surface area contributed by atoms with Crippen molar-refractivity contribution in [1.29, 1.82) is 0 Å². The maximum Gasteiger partial charge on any atom is 0.251 e. The molecule has 1 fully saturated rings. The molecule has 6 nitrogen and oxygen atoms in total. The summed E-state index contributed by atoms with van der Waals surface area (Å²) in [6, 6.07) is 6.22. The maximum atomic E-state index is 12.6. The molecule has 1 saturated heterocycles. The lowest BCUT2D eigenvalue weighted by atomic mass is 10.2. The van der Waals surface area contributed by atoms with Crippen LogP contribution < -0.4 is 5.32 Å². The van der Waals surface area contributed by atoms with Gasteiger partial charge in [0.05, 0.1) is 18.1 Å². The van der Waals surface area contributed by atoms with Gasteiger partial charge in [0.1, 0.15) is 0 Å². The molecule has 0 saturated carbocycles. The van der Waals surface area contributed by atoms with Crippen LogP contribution in [0.4, 0.5) is 0 Å². The number of morpholine rings is 1. The van der Waals surface area contributed by atoms with Crippen LogP contribution in [0.1, 0.15) is 30.6 Å². The van der Waals surface area contributed by atoms with E-state index in [1.807, 2.05) is 13.8 Å². The van der Waals surface area contributed by atoms with E-state index in [0.717, 1.165) is 6.42 Å². The molecule has 0 aliphatic carbocycles. The highest BCUT2D eigenvalue weighted by atomic mass is 32.2. The van der Waals surface area contributed by atoms with E-state index in [-0.39, 0.29) is 16.8 Å². The Morgan fingerprint density at radius 1 is 1.36 bits per heavy atom. The Morgan fingerprint density at radius 2 is 2.05 bits per heavy atom. The van der Waals surface area contributed by atoms with Gasteiger partial charge in [-0.2, -0.15) is 4.31 Å². The largest absolute Gasteiger partial charge is 0.379 e. The summed E-state index contributed by atoms with van der Waals surface area (Å²) in [5, 5.41) is 2.84. The first kappa shape index (κ1) is 16.9. The molecule has 0 bridgehead atoms. The summed E-state index contributed by atoms with van der Waals surface area (Å²) >= 11 is 0. The summed E-state index contributed by atoms with van der Waals surface area (Å²) < 4.78 is 31.7. The number of benzene rings is 1. The van der Waals surface area contributed by atoms with Gasteiger partial charge in [-0.15, -0.1) is 0 Å². The molecule has 122 valence electrons. The number of sulfonamides is 1. The van der Waals surface area contributed by atoms with E-state index >= 15 is 0 Å². The lowest BCUT2D eigenvalue weighted by Crippen LogP contribution is -2.40. The molecule has 0 unspecified atom stereocenters. The van der Waals surface area contributed by atoms with E-state index < -0.39 is 10.0 Å². The number of amides is 1. The van der Waals surface area contributed by atoms with Crippen LogP contribution in [0.25, 0.3) is 0 Å². The molecule has 1 aliphatic heterocycles. The van der Waals surface area contributed by atoms with Crippen LogP contribution >= 0.6 is 0 Å². The Hall–Kier alpha value is -1.44. The number of ether oxygens (including phenoxy) is 1. The number of carbonyl (C=O) groups is 1. The number of nitrogens with one attached hydrogen (secondary N) is 1. The third-order valence-corrected chi connectivity index (χ3v) is 5.59. The summed E-state index contributed by atoms with van der Waals surface area (Å²) in [5.74, 6) is -0.256. The molecule has 1 amide bonds. The monoisotopic (exact) mass is 326 g/mol. The minimum atomic E-state index is -3.58. The zero-order chi connectivity index (χ0) is 16.2. The fraction of sp³-hybridized carbons (Fsp3) is 0.533. The summed E-state index contributed by atoms with van der Waals surface area (Å²) in [6.07, 6.45) is 0.817. The maximum absolute atomic E-state index is 12.6. The van der Waals surface area contributed by atoms with Crippen LogP contribution in [-0.2, 0) is 14.8 Å². The highest BCUT2D eigenvalue weighted by Gasteiger charge is 2.26. The molecule has 1 aromatic rings. The van der Waals surface area contributed by atoms with Gasteiger partial charge in [-0.05, 0) is 31.5 Å². The van der Waals surface area contributed by atoms with Gasteiger partial charge in [0.2, 0.25) is 10.0 Å². The molecule has 1 aromatic carbocycles. The lowest BCUT2D eigenvalue weighted by Gasteiger charge is -2.26. The number of carbonyl (C=O) groups excluding carboxylic acids is 1. The molecule has 7 heteroatoms. The minimum Gasteiger partial charge on any atom is -0.379 e. The van der Waals surface area contributed by atoms with Crippen LogP contribution in [0, 0.1) is 0 Å². The number of hydrogen-bond donors (Lipinski definition) is 1. The SMILES string of the molecule is CC[C@@H](C)NC(=O)c1cccc(S(=O)(=O)N2CCOCC2)c1. The Labute approximate surface area is 131 Å². The summed E-state index contributed by atoms with van der Waals surface area (Å²) in [4.78, 5) is 12.3. The van der Waals surface area contributed by atoms with Crippen LogP contribution in [0.5, 0.6) is 0 Å². The quantitative estimate of drug-likeness (QED) is 0.883. The van der Waals surface area contributed by atoms with Gasteiger partial charge in [-0.25, -0.2) is 8.42 Å². The van der Waals surface area contributed by atoms with Crippen LogP contribution in [-0.4, -0.2) is 51.0 Å². The molecule has 0 radical (unpaired) electrons. The van der Waals surface area contributed by atoms with Gasteiger partial charge in [0, 0.05) is 24.7 Å². The van der Waals surface area contributed by atoms with Gasteiger partial charge >= 0.3 is 0 Å². The molecule has 1 aliphatic rings. The summed E-state index contributed by atoms with van der Waals surface area (Å²) in [6.45, 7) is 5.36. The molecule has 22 heavy (non-hydrogen) atoms. The zero-order valence-corrected chi connectivity index (χ0v) is 13.7. The fourth-order valence-electron chi connectivity index (χ4n) is 2.14. The van der Waals surface area contributed by atoms with Gasteiger partial charge < -0.3 is 10.1 Å². The van der Waals surface area contributed by atoms with Crippen molar-refractivity contribution in [3.63, 3.8) is 0 Å². The Kier molecular flexibility index (Phi) is 5.55.